The van der Waals surface area contributed by atoms with Gasteiger partial charge in [-0.3, -0.25) is 4.79 Å². The summed E-state index contributed by atoms with van der Waals surface area (Å²) in [7, 11) is 0. The average Bonchev–Trinajstić information content (AvgIpc) is 3.18. The number of thiazole rings is 1. The molecule has 184 valence electrons. The molecule has 0 fully saturated rings. The van der Waals surface area contributed by atoms with Crippen LogP contribution in [-0.4, -0.2) is 30.8 Å². The van der Waals surface area contributed by atoms with E-state index < -0.39 is 0 Å². The smallest absolute Gasteiger partial charge is 0.317 e. The molecule has 12 heteroatoms. The van der Waals surface area contributed by atoms with Crippen molar-refractivity contribution >= 4 is 57.6 Å². The molecule has 3 heterocycles. The Kier molecular flexibility index (Phi) is 7.73. The highest BCUT2D eigenvalue weighted by atomic mass is 35.5. The Labute approximate surface area is 220 Å². The van der Waals surface area contributed by atoms with Crippen molar-refractivity contribution in [3.63, 3.8) is 0 Å². The summed E-state index contributed by atoms with van der Waals surface area (Å²) in [5.74, 6) is 0.553. The van der Waals surface area contributed by atoms with Crippen LogP contribution in [-0.2, 0) is 0 Å². The summed E-state index contributed by atoms with van der Waals surface area (Å²) in [4.78, 5) is 30.6. The molecular weight excluding hydrogens is 518 g/mol. The van der Waals surface area contributed by atoms with Crippen LogP contribution in [0.1, 0.15) is 10.6 Å². The lowest BCUT2D eigenvalue weighted by Crippen LogP contribution is -2.21. The molecule has 36 heavy (non-hydrogen) atoms. The number of nitrogen functional groups attached to an aromatic ring is 2. The van der Waals surface area contributed by atoms with Crippen molar-refractivity contribution in [2.75, 3.05) is 17.7 Å². The van der Waals surface area contributed by atoms with Crippen molar-refractivity contribution in [3.8, 4) is 22.3 Å². The van der Waals surface area contributed by atoms with Crippen molar-refractivity contribution in [2.45, 2.75) is 13.8 Å². The van der Waals surface area contributed by atoms with Gasteiger partial charge in [-0.25, -0.2) is 14.5 Å². The lowest BCUT2D eigenvalue weighted by atomic mass is 10.2. The Morgan fingerprint density at radius 2 is 1.78 bits per heavy atom. The van der Waals surface area contributed by atoms with E-state index in [2.05, 4.69) is 19.9 Å². The summed E-state index contributed by atoms with van der Waals surface area (Å²) in [5, 5.41) is 1.60. The monoisotopic (exact) mass is 539 g/mol. The molecule has 5 rings (SSSR count). The van der Waals surface area contributed by atoms with E-state index >= 15 is 0 Å². The van der Waals surface area contributed by atoms with Gasteiger partial charge in [-0.05, 0) is 38.1 Å². The van der Waals surface area contributed by atoms with Gasteiger partial charge < -0.3 is 15.7 Å². The van der Waals surface area contributed by atoms with Crippen molar-refractivity contribution in [2.24, 2.45) is 0 Å². The number of nitrogens with zero attached hydrogens (tertiary/aromatic N) is 5. The topological polar surface area (TPSA) is 135 Å². The third kappa shape index (κ3) is 5.27. The van der Waals surface area contributed by atoms with Gasteiger partial charge in [-0.15, -0.1) is 11.3 Å². The minimum absolute atomic E-state index is 0.182. The molecule has 0 saturated heterocycles. The largest absolute Gasteiger partial charge is 0.390 e. The standard InChI is InChI=1S/C15H11ClN2O2S.C9H11N5S/c1-21-20-15-17-12-9-5-8-11(16)13(12)14(19)18(15)10-6-3-2-4-7-10;1-4-5(2)15-8(13-4)6-3-12-9(11)14-7(6)10/h2-9H,1H3;3H,1-2H3,(H4,10,11,12,14). The number of aromatic nitrogens is 5. The number of anilines is 2. The Balaban J connectivity index is 0.000000179. The molecule has 9 nitrogen and oxygen atoms in total. The molecule has 0 aliphatic carbocycles. The maximum absolute atomic E-state index is 12.8. The molecule has 0 atom stereocenters. The van der Waals surface area contributed by atoms with E-state index in [0.717, 1.165) is 28.3 Å². The summed E-state index contributed by atoms with van der Waals surface area (Å²) in [6.45, 7) is 3.98. The first kappa shape index (κ1) is 25.4. The van der Waals surface area contributed by atoms with Crippen molar-refractivity contribution < 1.29 is 4.18 Å². The van der Waals surface area contributed by atoms with Gasteiger partial charge in [-0.1, -0.05) is 35.9 Å². The molecular formula is C24H22ClN7O2S2. The van der Waals surface area contributed by atoms with Gasteiger partial charge in [0.05, 0.1) is 44.9 Å². The van der Waals surface area contributed by atoms with Crippen LogP contribution >= 0.6 is 35.0 Å². The van der Waals surface area contributed by atoms with Gasteiger partial charge in [0.2, 0.25) is 5.95 Å². The van der Waals surface area contributed by atoms with Gasteiger partial charge in [0.25, 0.3) is 5.56 Å². The van der Waals surface area contributed by atoms with E-state index in [1.165, 1.54) is 9.44 Å². The van der Waals surface area contributed by atoms with Crippen LogP contribution < -0.4 is 21.2 Å². The number of fused-ring (bicyclic) bond motifs is 1. The number of benzene rings is 2. The van der Waals surface area contributed by atoms with Crippen molar-refractivity contribution in [3.05, 3.63) is 80.7 Å². The maximum Gasteiger partial charge on any atom is 0.317 e. The first-order chi connectivity index (χ1) is 17.3. The molecule has 2 aromatic carbocycles. The van der Waals surface area contributed by atoms with Crippen LogP contribution in [0.25, 0.3) is 27.2 Å². The fraction of sp³-hybridized carbons (Fsp3) is 0.125. The first-order valence-electron chi connectivity index (χ1n) is 10.6. The zero-order valence-electron chi connectivity index (χ0n) is 19.6. The molecule has 3 aromatic heterocycles. The minimum atomic E-state index is -0.249. The Morgan fingerprint density at radius 3 is 2.42 bits per heavy atom. The number of rotatable bonds is 4. The zero-order chi connectivity index (χ0) is 25.8. The van der Waals surface area contributed by atoms with Gasteiger partial charge in [0, 0.05) is 17.3 Å². The fourth-order valence-corrected chi connectivity index (χ4v) is 4.71. The Hall–Kier alpha value is -3.67. The fourth-order valence-electron chi connectivity index (χ4n) is 3.27. The lowest BCUT2D eigenvalue weighted by molar-refractivity contribution is 0.562. The van der Waals surface area contributed by atoms with Gasteiger partial charge >= 0.3 is 6.01 Å². The maximum atomic E-state index is 12.8. The highest BCUT2D eigenvalue weighted by Crippen LogP contribution is 2.30. The normalized spacial score (nSPS) is 10.7. The first-order valence-corrected chi connectivity index (χ1v) is 12.9. The van der Waals surface area contributed by atoms with Crippen molar-refractivity contribution in [1.82, 2.24) is 24.5 Å². The summed E-state index contributed by atoms with van der Waals surface area (Å²) in [5.41, 5.74) is 13.9. The average molecular weight is 540 g/mol. The van der Waals surface area contributed by atoms with E-state index in [4.69, 9.17) is 27.3 Å². The predicted molar refractivity (Wildman–Crippen MR) is 148 cm³/mol. The number of hydrogen-bond donors (Lipinski definition) is 2. The van der Waals surface area contributed by atoms with Crippen molar-refractivity contribution in [1.29, 1.82) is 0 Å². The number of hydrogen-bond acceptors (Lipinski definition) is 10. The highest BCUT2D eigenvalue weighted by Gasteiger charge is 2.16. The molecule has 0 spiro atoms. The summed E-state index contributed by atoms with van der Waals surface area (Å²) in [6.07, 6.45) is 3.37. The van der Waals surface area contributed by atoms with Gasteiger partial charge in [0.15, 0.2) is 0 Å². The van der Waals surface area contributed by atoms with Crippen LogP contribution in [0.5, 0.6) is 6.01 Å². The summed E-state index contributed by atoms with van der Waals surface area (Å²) >= 11 is 8.86. The van der Waals surface area contributed by atoms with Gasteiger partial charge in [0.1, 0.15) is 10.8 Å². The van der Waals surface area contributed by atoms with Crippen LogP contribution in [0.2, 0.25) is 5.02 Å². The number of nitrogens with two attached hydrogens (primary N) is 2. The van der Waals surface area contributed by atoms with Crippen LogP contribution in [0.4, 0.5) is 11.8 Å². The van der Waals surface area contributed by atoms with E-state index in [-0.39, 0.29) is 17.5 Å². The van der Waals surface area contributed by atoms with Crippen LogP contribution in [0.3, 0.4) is 0 Å². The third-order valence-corrected chi connectivity index (χ3v) is 6.82. The lowest BCUT2D eigenvalue weighted by Gasteiger charge is -2.12. The molecule has 5 aromatic rings. The molecule has 4 N–H and O–H groups in total. The quantitative estimate of drug-likeness (QED) is 0.300. The van der Waals surface area contributed by atoms with E-state index in [9.17, 15) is 4.79 Å². The summed E-state index contributed by atoms with van der Waals surface area (Å²) < 4.78 is 6.87. The van der Waals surface area contributed by atoms with E-state index in [0.29, 0.717) is 27.4 Å². The number of halogens is 1. The second-order valence-corrected chi connectivity index (χ2v) is 9.55. The SMILES string of the molecule is CSOc1nc2cccc(Cl)c2c(=O)n1-c1ccccc1.Cc1nc(-c2cnc(N)nc2N)sc1C. The molecule has 0 unspecified atom stereocenters. The van der Waals surface area contributed by atoms with E-state index in [1.54, 1.807) is 42.0 Å². The Morgan fingerprint density at radius 1 is 1.03 bits per heavy atom. The molecule has 0 bridgehead atoms. The predicted octanol–water partition coefficient (Wildman–Crippen LogP) is 5.08. The molecule has 0 aliphatic heterocycles. The second-order valence-electron chi connectivity index (χ2n) is 7.44. The summed E-state index contributed by atoms with van der Waals surface area (Å²) in [6, 6.07) is 14.6. The number of para-hydroxylation sites is 1. The van der Waals surface area contributed by atoms with Crippen LogP contribution in [0, 0.1) is 13.8 Å². The Bertz CT molecular complexity index is 1570. The number of aryl methyl sites for hydroxylation is 2. The molecule has 0 amide bonds. The minimum Gasteiger partial charge on any atom is -0.390 e. The van der Waals surface area contributed by atoms with E-state index in [1.807, 2.05) is 44.2 Å². The zero-order valence-corrected chi connectivity index (χ0v) is 22.0. The molecule has 0 radical (unpaired) electrons. The van der Waals surface area contributed by atoms with Gasteiger partial charge in [-0.2, -0.15) is 9.97 Å². The second kappa shape index (κ2) is 10.9. The highest BCUT2D eigenvalue weighted by molar-refractivity contribution is 7.94. The third-order valence-electron chi connectivity index (χ3n) is 5.08. The molecule has 0 aliphatic rings. The molecule has 0 saturated carbocycles. The van der Waals surface area contributed by atoms with Crippen LogP contribution in [0.15, 0.2) is 59.5 Å².